The normalized spacial score (nSPS) is 23.0. The third-order valence-electron chi connectivity index (χ3n) is 1.65. The van der Waals surface area contributed by atoms with Crippen LogP contribution in [0.4, 0.5) is 0 Å². The molecule has 1 rings (SSSR count). The molecule has 2 nitrogen and oxygen atoms in total. The molecule has 0 amide bonds. The summed E-state index contributed by atoms with van der Waals surface area (Å²) in [5.74, 6) is 0. The Labute approximate surface area is 56.8 Å². The van der Waals surface area contributed by atoms with Gasteiger partial charge in [-0.15, -0.1) is 0 Å². The lowest BCUT2D eigenvalue weighted by molar-refractivity contribution is 0.0677. The molecule has 0 aromatic heterocycles. The summed E-state index contributed by atoms with van der Waals surface area (Å²) < 4.78 is 5.08. The number of morpholine rings is 1. The van der Waals surface area contributed by atoms with E-state index in [1.807, 2.05) is 6.61 Å². The largest absolute Gasteiger partial charge is 0.373 e. The fourth-order valence-electron chi connectivity index (χ4n) is 0.962. The topological polar surface area (TPSA) is 12.5 Å². The molecule has 1 saturated heterocycles. The Hall–Kier alpha value is -0.0800. The van der Waals surface area contributed by atoms with Crippen LogP contribution in [0.15, 0.2) is 0 Å². The first kappa shape index (κ1) is 7.03. The van der Waals surface area contributed by atoms with Crippen LogP contribution in [0.2, 0.25) is 0 Å². The molecule has 1 fully saturated rings. The molecule has 9 heavy (non-hydrogen) atoms. The summed E-state index contributed by atoms with van der Waals surface area (Å²) in [7, 11) is 0. The van der Waals surface area contributed by atoms with Crippen LogP contribution in [0.25, 0.3) is 0 Å². The molecule has 0 bridgehead atoms. The molecule has 2 heteroatoms. The van der Waals surface area contributed by atoms with Crippen LogP contribution in [0.1, 0.15) is 13.8 Å². The highest BCUT2D eigenvalue weighted by atomic mass is 16.5. The molecular weight excluding hydrogens is 114 g/mol. The Morgan fingerprint density at radius 3 is 2.67 bits per heavy atom. The summed E-state index contributed by atoms with van der Waals surface area (Å²) in [6.45, 7) is 9.21. The maximum atomic E-state index is 5.08. The average molecular weight is 128 g/mol. The first-order valence-electron chi connectivity index (χ1n) is 3.48. The molecule has 0 atom stereocenters. The summed E-state index contributed by atoms with van der Waals surface area (Å²) in [5, 5.41) is 0. The molecule has 0 aromatic rings. The molecule has 0 N–H and O–H groups in total. The lowest BCUT2D eigenvalue weighted by Crippen LogP contribution is -2.38. The van der Waals surface area contributed by atoms with Gasteiger partial charge in [0.1, 0.15) is 0 Å². The summed E-state index contributed by atoms with van der Waals surface area (Å²) >= 11 is 0. The Bertz CT molecular complexity index is 77.0. The first-order valence-corrected chi connectivity index (χ1v) is 3.48. The predicted molar refractivity (Wildman–Crippen MR) is 37.0 cm³/mol. The molecule has 53 valence electrons. The number of ether oxygens (including phenoxy) is 1. The second kappa shape index (κ2) is 3.18. The van der Waals surface area contributed by atoms with E-state index >= 15 is 0 Å². The van der Waals surface area contributed by atoms with Crippen molar-refractivity contribution in [2.75, 3.05) is 19.7 Å². The SMILES string of the molecule is CC(C)N1C[CH]OCC1. The molecule has 1 radical (unpaired) electrons. The molecule has 0 aromatic carbocycles. The predicted octanol–water partition coefficient (Wildman–Crippen LogP) is 0.889. The monoisotopic (exact) mass is 128 g/mol. The molecule has 1 aliphatic heterocycles. The Morgan fingerprint density at radius 1 is 1.56 bits per heavy atom. The summed E-state index contributed by atoms with van der Waals surface area (Å²) in [5.41, 5.74) is 0. The molecule has 0 unspecified atom stereocenters. The minimum atomic E-state index is 0.658. The van der Waals surface area contributed by atoms with Gasteiger partial charge < -0.3 is 4.74 Å². The zero-order valence-corrected chi connectivity index (χ0v) is 6.13. The van der Waals surface area contributed by atoms with E-state index in [2.05, 4.69) is 18.7 Å². The van der Waals surface area contributed by atoms with Crippen molar-refractivity contribution in [2.24, 2.45) is 0 Å². The van der Waals surface area contributed by atoms with Gasteiger partial charge in [-0.3, -0.25) is 4.90 Å². The van der Waals surface area contributed by atoms with Crippen molar-refractivity contribution in [3.63, 3.8) is 0 Å². The van der Waals surface area contributed by atoms with Crippen molar-refractivity contribution >= 4 is 0 Å². The van der Waals surface area contributed by atoms with Gasteiger partial charge in [-0.25, -0.2) is 0 Å². The van der Waals surface area contributed by atoms with E-state index < -0.39 is 0 Å². The van der Waals surface area contributed by atoms with Crippen molar-refractivity contribution in [1.29, 1.82) is 0 Å². The van der Waals surface area contributed by atoms with Gasteiger partial charge in [-0.1, -0.05) is 0 Å². The third kappa shape index (κ3) is 1.95. The van der Waals surface area contributed by atoms with E-state index in [-0.39, 0.29) is 0 Å². The average Bonchev–Trinajstić information content (AvgIpc) is 1.90. The van der Waals surface area contributed by atoms with Gasteiger partial charge >= 0.3 is 0 Å². The summed E-state index contributed by atoms with van der Waals surface area (Å²) in [6.07, 6.45) is 0. The molecular formula is C7H14NO. The van der Waals surface area contributed by atoms with E-state index in [0.717, 1.165) is 19.7 Å². The van der Waals surface area contributed by atoms with Crippen molar-refractivity contribution < 1.29 is 4.74 Å². The van der Waals surface area contributed by atoms with Crippen molar-refractivity contribution in [1.82, 2.24) is 4.90 Å². The number of hydrogen-bond donors (Lipinski definition) is 0. The highest BCUT2D eigenvalue weighted by molar-refractivity contribution is 4.71. The second-order valence-electron chi connectivity index (χ2n) is 2.63. The first-order chi connectivity index (χ1) is 4.30. The van der Waals surface area contributed by atoms with Crippen LogP contribution in [-0.4, -0.2) is 30.6 Å². The lowest BCUT2D eigenvalue weighted by Gasteiger charge is -2.29. The van der Waals surface area contributed by atoms with Crippen molar-refractivity contribution in [3.8, 4) is 0 Å². The fraction of sp³-hybridized carbons (Fsp3) is 0.857. The highest BCUT2D eigenvalue weighted by Gasteiger charge is 2.12. The van der Waals surface area contributed by atoms with E-state index in [1.165, 1.54) is 0 Å². The number of nitrogens with zero attached hydrogens (tertiary/aromatic N) is 1. The van der Waals surface area contributed by atoms with Gasteiger partial charge in [0.2, 0.25) is 0 Å². The highest BCUT2D eigenvalue weighted by Crippen LogP contribution is 2.03. The van der Waals surface area contributed by atoms with Gasteiger partial charge in [0, 0.05) is 19.1 Å². The van der Waals surface area contributed by atoms with Gasteiger partial charge in [0.25, 0.3) is 0 Å². The number of hydrogen-bond acceptors (Lipinski definition) is 2. The molecule has 1 heterocycles. The Kier molecular flexibility index (Phi) is 2.49. The third-order valence-corrected chi connectivity index (χ3v) is 1.65. The van der Waals surface area contributed by atoms with Crippen molar-refractivity contribution in [2.45, 2.75) is 19.9 Å². The molecule has 0 saturated carbocycles. The minimum absolute atomic E-state index is 0.658. The van der Waals surface area contributed by atoms with Crippen LogP contribution in [0, 0.1) is 6.61 Å². The van der Waals surface area contributed by atoms with Gasteiger partial charge in [0.05, 0.1) is 13.2 Å². The van der Waals surface area contributed by atoms with E-state index in [9.17, 15) is 0 Å². The van der Waals surface area contributed by atoms with E-state index in [1.54, 1.807) is 0 Å². The van der Waals surface area contributed by atoms with Crippen LogP contribution < -0.4 is 0 Å². The van der Waals surface area contributed by atoms with Crippen LogP contribution >= 0.6 is 0 Å². The lowest BCUT2D eigenvalue weighted by atomic mass is 10.3. The molecule has 0 spiro atoms. The molecule has 0 aliphatic carbocycles. The fourth-order valence-corrected chi connectivity index (χ4v) is 0.962. The second-order valence-corrected chi connectivity index (χ2v) is 2.63. The van der Waals surface area contributed by atoms with Gasteiger partial charge in [-0.2, -0.15) is 0 Å². The van der Waals surface area contributed by atoms with Crippen LogP contribution in [-0.2, 0) is 4.74 Å². The number of rotatable bonds is 1. The van der Waals surface area contributed by atoms with Crippen molar-refractivity contribution in [3.05, 3.63) is 6.61 Å². The van der Waals surface area contributed by atoms with E-state index in [4.69, 9.17) is 4.74 Å². The van der Waals surface area contributed by atoms with Gasteiger partial charge in [-0.05, 0) is 13.8 Å². The smallest absolute Gasteiger partial charge is 0.0976 e. The maximum absolute atomic E-state index is 5.08. The van der Waals surface area contributed by atoms with Crippen LogP contribution in [0.3, 0.4) is 0 Å². The minimum Gasteiger partial charge on any atom is -0.373 e. The summed E-state index contributed by atoms with van der Waals surface area (Å²) in [4.78, 5) is 2.38. The van der Waals surface area contributed by atoms with Crippen LogP contribution in [0.5, 0.6) is 0 Å². The maximum Gasteiger partial charge on any atom is 0.0976 e. The quantitative estimate of drug-likeness (QED) is 0.520. The standard InChI is InChI=1S/C7H14NO/c1-7(2)8-3-5-9-6-4-8/h5,7H,3-4,6H2,1-2H3. The zero-order valence-electron chi connectivity index (χ0n) is 6.13. The summed E-state index contributed by atoms with van der Waals surface area (Å²) in [6, 6.07) is 0.658. The Morgan fingerprint density at radius 2 is 2.33 bits per heavy atom. The van der Waals surface area contributed by atoms with Gasteiger partial charge in [0.15, 0.2) is 0 Å². The Balaban J connectivity index is 2.23. The zero-order chi connectivity index (χ0) is 6.69. The molecule has 1 aliphatic rings. The van der Waals surface area contributed by atoms with E-state index in [0.29, 0.717) is 6.04 Å².